The molecule has 2 unspecified atom stereocenters. The number of carbonyl (C=O) groups excluding carboxylic acids is 2. The van der Waals surface area contributed by atoms with Crippen LogP contribution < -0.4 is 16.2 Å². The number of rotatable bonds is 5. The van der Waals surface area contributed by atoms with E-state index in [1.807, 2.05) is 35.7 Å². The van der Waals surface area contributed by atoms with Gasteiger partial charge in [0.05, 0.1) is 12.8 Å². The van der Waals surface area contributed by atoms with Gasteiger partial charge >= 0.3 is 5.97 Å². The minimum absolute atomic E-state index is 0.0837. The molecule has 8 nitrogen and oxygen atoms in total. The maximum atomic E-state index is 12.6. The van der Waals surface area contributed by atoms with Gasteiger partial charge in [0.1, 0.15) is 11.7 Å². The van der Waals surface area contributed by atoms with E-state index >= 15 is 0 Å². The molecule has 0 bridgehead atoms. The average Bonchev–Trinajstić information content (AvgIpc) is 3.47. The summed E-state index contributed by atoms with van der Waals surface area (Å²) in [4.78, 5) is 31.4. The van der Waals surface area contributed by atoms with Crippen LogP contribution in [0, 0.1) is 0 Å². The molecule has 1 amide bonds. The van der Waals surface area contributed by atoms with Crippen LogP contribution in [0.1, 0.15) is 28.5 Å². The van der Waals surface area contributed by atoms with E-state index < -0.39 is 5.97 Å². The molecule has 3 heterocycles. The molecule has 1 aliphatic rings. The summed E-state index contributed by atoms with van der Waals surface area (Å²) in [5.74, 6) is -0.584. The molecule has 1 saturated heterocycles. The molecule has 1 fully saturated rings. The Kier molecular flexibility index (Phi) is 5.20. The van der Waals surface area contributed by atoms with Gasteiger partial charge in [-0.05, 0) is 18.1 Å². The number of amides is 1. The van der Waals surface area contributed by atoms with Crippen molar-refractivity contribution in [3.8, 4) is 11.3 Å². The van der Waals surface area contributed by atoms with E-state index in [-0.39, 0.29) is 18.0 Å². The van der Waals surface area contributed by atoms with Crippen molar-refractivity contribution in [2.45, 2.75) is 18.5 Å². The van der Waals surface area contributed by atoms with E-state index in [4.69, 9.17) is 0 Å². The summed E-state index contributed by atoms with van der Waals surface area (Å²) in [7, 11) is 1.33. The van der Waals surface area contributed by atoms with Crippen molar-refractivity contribution in [3.63, 3.8) is 0 Å². The van der Waals surface area contributed by atoms with Crippen molar-refractivity contribution in [1.82, 2.24) is 20.8 Å². The summed E-state index contributed by atoms with van der Waals surface area (Å²) in [6.07, 6.45) is 2.33. The van der Waals surface area contributed by atoms with Gasteiger partial charge in [-0.25, -0.2) is 20.6 Å². The fourth-order valence-electron chi connectivity index (χ4n) is 3.06. The molecule has 1 aliphatic heterocycles. The topological polar surface area (TPSA) is 108 Å². The molecular weight excluding hydrogens is 378 g/mol. The van der Waals surface area contributed by atoms with Gasteiger partial charge in [-0.2, -0.15) is 0 Å². The number of aromatic nitrogens is 2. The van der Waals surface area contributed by atoms with Crippen LogP contribution >= 0.6 is 11.3 Å². The van der Waals surface area contributed by atoms with Crippen LogP contribution in [0.2, 0.25) is 0 Å². The number of nitrogens with zero attached hydrogens (tertiary/aromatic N) is 1. The largest absolute Gasteiger partial charge is 0.464 e. The van der Waals surface area contributed by atoms with Crippen LogP contribution in [-0.2, 0) is 9.53 Å². The number of ether oxygens (including phenoxy) is 1. The van der Waals surface area contributed by atoms with E-state index in [0.29, 0.717) is 22.9 Å². The molecule has 0 spiro atoms. The van der Waals surface area contributed by atoms with Gasteiger partial charge in [0.15, 0.2) is 5.13 Å². The normalized spacial score (nSPS) is 18.8. The van der Waals surface area contributed by atoms with Gasteiger partial charge < -0.3 is 15.0 Å². The number of carbonyl (C=O) groups is 2. The van der Waals surface area contributed by atoms with Crippen LogP contribution in [0.5, 0.6) is 0 Å². The van der Waals surface area contributed by atoms with Crippen LogP contribution in [0.4, 0.5) is 5.13 Å². The number of hydrogen-bond donors (Lipinski definition) is 4. The SMILES string of the molecule is COC(=O)c1cc(-c2csc(NC(=O)C3CC(c4ccccc4)NN3)n2)c[nH]1. The fourth-order valence-corrected chi connectivity index (χ4v) is 3.78. The standard InChI is InChI=1S/C19H19N5O3S/c1-27-18(26)15-7-12(9-20-15)16-10-28-19(21-16)22-17(25)14-8-13(23-24-14)11-5-3-2-4-6-11/h2-7,9-10,13-14,20,23-24H,8H2,1H3,(H,21,22,25). The Morgan fingerprint density at radius 1 is 1.25 bits per heavy atom. The number of aromatic amines is 1. The lowest BCUT2D eigenvalue weighted by Gasteiger charge is -2.09. The Bertz CT molecular complexity index is 984. The summed E-state index contributed by atoms with van der Waals surface area (Å²) in [6.45, 7) is 0. The number of thiazole rings is 1. The molecule has 0 radical (unpaired) electrons. The smallest absolute Gasteiger partial charge is 0.354 e. The van der Waals surface area contributed by atoms with E-state index in [1.54, 1.807) is 12.3 Å². The third kappa shape index (κ3) is 3.81. The average molecular weight is 397 g/mol. The Labute approximate surface area is 165 Å². The first-order valence-electron chi connectivity index (χ1n) is 8.73. The second kappa shape index (κ2) is 7.93. The zero-order chi connectivity index (χ0) is 19.5. The third-order valence-electron chi connectivity index (χ3n) is 4.54. The molecule has 2 aromatic heterocycles. The van der Waals surface area contributed by atoms with E-state index in [0.717, 1.165) is 11.1 Å². The zero-order valence-electron chi connectivity index (χ0n) is 15.1. The number of esters is 1. The summed E-state index contributed by atoms with van der Waals surface area (Å²) < 4.78 is 4.68. The summed E-state index contributed by atoms with van der Waals surface area (Å²) in [5.41, 5.74) is 9.12. The Hall–Kier alpha value is -3.01. The van der Waals surface area contributed by atoms with Gasteiger partial charge in [-0.3, -0.25) is 4.79 Å². The second-order valence-electron chi connectivity index (χ2n) is 6.36. The molecule has 28 heavy (non-hydrogen) atoms. The molecule has 0 saturated carbocycles. The molecule has 4 rings (SSSR count). The lowest BCUT2D eigenvalue weighted by molar-refractivity contribution is -0.117. The number of benzene rings is 1. The first-order chi connectivity index (χ1) is 13.6. The summed E-state index contributed by atoms with van der Waals surface area (Å²) in [5, 5.41) is 5.18. The minimum Gasteiger partial charge on any atom is -0.464 e. The Morgan fingerprint density at radius 3 is 2.86 bits per heavy atom. The van der Waals surface area contributed by atoms with Gasteiger partial charge in [0, 0.05) is 23.2 Å². The van der Waals surface area contributed by atoms with Crippen LogP contribution in [0.25, 0.3) is 11.3 Å². The fraction of sp³-hybridized carbons (Fsp3) is 0.211. The van der Waals surface area contributed by atoms with Gasteiger partial charge in [0.2, 0.25) is 5.91 Å². The maximum Gasteiger partial charge on any atom is 0.354 e. The highest BCUT2D eigenvalue weighted by Crippen LogP contribution is 2.27. The number of H-pyrrole nitrogens is 1. The van der Waals surface area contributed by atoms with E-state index in [1.165, 1.54) is 18.4 Å². The van der Waals surface area contributed by atoms with Crippen molar-refractivity contribution in [3.05, 3.63) is 59.2 Å². The molecular formula is C19H19N5O3S. The van der Waals surface area contributed by atoms with Crippen LogP contribution in [0.3, 0.4) is 0 Å². The number of hydrazine groups is 1. The summed E-state index contributed by atoms with van der Waals surface area (Å²) >= 11 is 1.33. The number of nitrogens with one attached hydrogen (secondary N) is 4. The zero-order valence-corrected chi connectivity index (χ0v) is 15.9. The molecule has 1 aromatic carbocycles. The van der Waals surface area contributed by atoms with Crippen LogP contribution in [-0.4, -0.2) is 35.0 Å². The highest BCUT2D eigenvalue weighted by molar-refractivity contribution is 7.14. The van der Waals surface area contributed by atoms with Crippen molar-refractivity contribution in [2.75, 3.05) is 12.4 Å². The van der Waals surface area contributed by atoms with Gasteiger partial charge in [-0.15, -0.1) is 11.3 Å². The molecule has 2 atom stereocenters. The second-order valence-corrected chi connectivity index (χ2v) is 7.22. The quantitative estimate of drug-likeness (QED) is 0.493. The maximum absolute atomic E-state index is 12.6. The Balaban J connectivity index is 1.38. The van der Waals surface area contributed by atoms with Crippen molar-refractivity contribution < 1.29 is 14.3 Å². The van der Waals surface area contributed by atoms with Gasteiger partial charge in [0.25, 0.3) is 0 Å². The lowest BCUT2D eigenvalue weighted by atomic mass is 10.0. The number of anilines is 1. The summed E-state index contributed by atoms with van der Waals surface area (Å²) in [6, 6.07) is 11.4. The van der Waals surface area contributed by atoms with Crippen molar-refractivity contribution in [1.29, 1.82) is 0 Å². The highest BCUT2D eigenvalue weighted by Gasteiger charge is 2.30. The molecule has 0 aliphatic carbocycles. The molecule has 4 N–H and O–H groups in total. The molecule has 9 heteroatoms. The van der Waals surface area contributed by atoms with Gasteiger partial charge in [-0.1, -0.05) is 30.3 Å². The predicted molar refractivity (Wildman–Crippen MR) is 106 cm³/mol. The highest BCUT2D eigenvalue weighted by atomic mass is 32.1. The Morgan fingerprint density at radius 2 is 2.07 bits per heavy atom. The molecule has 144 valence electrons. The third-order valence-corrected chi connectivity index (χ3v) is 5.30. The number of hydrogen-bond acceptors (Lipinski definition) is 7. The minimum atomic E-state index is -0.442. The van der Waals surface area contributed by atoms with Crippen molar-refractivity contribution in [2.24, 2.45) is 0 Å². The monoisotopic (exact) mass is 397 g/mol. The van der Waals surface area contributed by atoms with E-state index in [2.05, 4.69) is 30.9 Å². The van der Waals surface area contributed by atoms with E-state index in [9.17, 15) is 9.59 Å². The lowest BCUT2D eigenvalue weighted by Crippen LogP contribution is -2.39. The van der Waals surface area contributed by atoms with Crippen LogP contribution in [0.15, 0.2) is 48.0 Å². The molecule has 3 aromatic rings. The first kappa shape index (κ1) is 18.4. The van der Waals surface area contributed by atoms with Crippen molar-refractivity contribution >= 4 is 28.3 Å². The predicted octanol–water partition coefficient (Wildman–Crippen LogP) is 2.47. The first-order valence-corrected chi connectivity index (χ1v) is 9.61. The number of methoxy groups -OCH3 is 1.